The molecule has 27 heavy (non-hydrogen) atoms. The van der Waals surface area contributed by atoms with E-state index in [1.165, 1.54) is 24.0 Å². The van der Waals surface area contributed by atoms with Crippen molar-refractivity contribution in [1.29, 1.82) is 0 Å². The molecule has 0 aromatic heterocycles. The highest BCUT2D eigenvalue weighted by Gasteiger charge is 2.15. The number of anilines is 1. The van der Waals surface area contributed by atoms with E-state index in [1.54, 1.807) is 25.2 Å². The second kappa shape index (κ2) is 8.71. The van der Waals surface area contributed by atoms with Crippen LogP contribution in [-0.4, -0.2) is 25.4 Å². The molecule has 2 aromatic rings. The van der Waals surface area contributed by atoms with Gasteiger partial charge in [0.1, 0.15) is 0 Å². The van der Waals surface area contributed by atoms with Crippen molar-refractivity contribution in [2.24, 2.45) is 0 Å². The monoisotopic (exact) mass is 365 g/mol. The summed E-state index contributed by atoms with van der Waals surface area (Å²) in [6.45, 7) is 2.12. The van der Waals surface area contributed by atoms with Gasteiger partial charge >= 0.3 is 0 Å². The number of carbonyl (C=O) groups is 2. The Morgan fingerprint density at radius 1 is 1.04 bits per heavy atom. The van der Waals surface area contributed by atoms with Crippen molar-refractivity contribution in [1.82, 2.24) is 10.6 Å². The van der Waals surface area contributed by atoms with E-state index in [4.69, 9.17) is 0 Å². The highest BCUT2D eigenvalue weighted by Crippen LogP contribution is 2.24. The molecule has 5 heteroatoms. The topological polar surface area (TPSA) is 70.2 Å². The maximum absolute atomic E-state index is 12.4. The first-order valence-corrected chi connectivity index (χ1v) is 9.54. The molecule has 2 aromatic carbocycles. The normalized spacial score (nSPS) is 14.0. The first kappa shape index (κ1) is 19.0. The number of benzene rings is 2. The van der Waals surface area contributed by atoms with E-state index < -0.39 is 0 Å². The quantitative estimate of drug-likeness (QED) is 0.736. The van der Waals surface area contributed by atoms with Gasteiger partial charge in [-0.15, -0.1) is 0 Å². The summed E-state index contributed by atoms with van der Waals surface area (Å²) in [5.74, 6) is -0.284. The van der Waals surface area contributed by atoms with Crippen LogP contribution in [0.1, 0.15) is 52.9 Å². The SMILES string of the molecule is CNC(=O)c1ccccc1NCC(=O)NC(C)c1ccc2c(c1)CCCC2. The fraction of sp³-hybridized carbons (Fsp3) is 0.364. The summed E-state index contributed by atoms with van der Waals surface area (Å²) < 4.78 is 0. The van der Waals surface area contributed by atoms with E-state index in [1.807, 2.05) is 13.0 Å². The summed E-state index contributed by atoms with van der Waals surface area (Å²) >= 11 is 0. The van der Waals surface area contributed by atoms with Gasteiger partial charge in [-0.1, -0.05) is 30.3 Å². The summed E-state index contributed by atoms with van der Waals surface area (Å²) in [5, 5.41) is 8.70. The van der Waals surface area contributed by atoms with Crippen molar-refractivity contribution < 1.29 is 9.59 Å². The molecule has 0 saturated heterocycles. The molecule has 1 aliphatic rings. The summed E-state index contributed by atoms with van der Waals surface area (Å²) in [7, 11) is 1.59. The maximum Gasteiger partial charge on any atom is 0.253 e. The minimum Gasteiger partial charge on any atom is -0.376 e. The molecule has 142 valence electrons. The van der Waals surface area contributed by atoms with Gasteiger partial charge in [0.2, 0.25) is 5.91 Å². The number of aryl methyl sites for hydroxylation is 2. The zero-order valence-electron chi connectivity index (χ0n) is 16.0. The van der Waals surface area contributed by atoms with Crippen LogP contribution < -0.4 is 16.0 Å². The molecule has 2 amide bonds. The Balaban J connectivity index is 1.59. The maximum atomic E-state index is 12.4. The molecule has 0 heterocycles. The zero-order chi connectivity index (χ0) is 19.2. The van der Waals surface area contributed by atoms with Gasteiger partial charge in [-0.2, -0.15) is 0 Å². The smallest absolute Gasteiger partial charge is 0.253 e. The van der Waals surface area contributed by atoms with Crippen LogP contribution in [0.25, 0.3) is 0 Å². The van der Waals surface area contributed by atoms with E-state index in [-0.39, 0.29) is 24.4 Å². The van der Waals surface area contributed by atoms with Gasteiger partial charge in [-0.05, 0) is 61.4 Å². The zero-order valence-corrected chi connectivity index (χ0v) is 16.0. The predicted molar refractivity (Wildman–Crippen MR) is 108 cm³/mol. The van der Waals surface area contributed by atoms with Crippen LogP contribution in [0.4, 0.5) is 5.69 Å². The number of carbonyl (C=O) groups excluding carboxylic acids is 2. The van der Waals surface area contributed by atoms with Crippen molar-refractivity contribution >= 4 is 17.5 Å². The minimum atomic E-state index is -0.180. The summed E-state index contributed by atoms with van der Waals surface area (Å²) in [5.41, 5.74) is 5.16. The van der Waals surface area contributed by atoms with Crippen LogP contribution in [0.15, 0.2) is 42.5 Å². The lowest BCUT2D eigenvalue weighted by molar-refractivity contribution is -0.120. The Kier molecular flexibility index (Phi) is 6.12. The molecule has 0 fully saturated rings. The van der Waals surface area contributed by atoms with Gasteiger partial charge < -0.3 is 16.0 Å². The fourth-order valence-electron chi connectivity index (χ4n) is 3.54. The number of para-hydroxylation sites is 1. The lowest BCUT2D eigenvalue weighted by atomic mass is 9.89. The molecule has 1 atom stereocenters. The molecule has 0 aliphatic heterocycles. The molecule has 1 unspecified atom stereocenters. The van der Waals surface area contributed by atoms with Crippen molar-refractivity contribution in [2.45, 2.75) is 38.6 Å². The Hall–Kier alpha value is -2.82. The second-order valence-corrected chi connectivity index (χ2v) is 7.00. The Morgan fingerprint density at radius 3 is 2.56 bits per heavy atom. The van der Waals surface area contributed by atoms with Crippen LogP contribution in [-0.2, 0) is 17.6 Å². The third-order valence-corrected chi connectivity index (χ3v) is 5.09. The Morgan fingerprint density at radius 2 is 1.78 bits per heavy atom. The molecule has 0 spiro atoms. The number of fused-ring (bicyclic) bond motifs is 1. The standard InChI is InChI=1S/C22H27N3O2/c1-15(17-12-11-16-7-3-4-8-18(16)13-17)25-21(26)14-24-20-10-6-5-9-19(20)22(27)23-2/h5-6,9-13,15,24H,3-4,7-8,14H2,1-2H3,(H,23,27)(H,25,26). The Labute approximate surface area is 160 Å². The van der Waals surface area contributed by atoms with E-state index in [0.717, 1.165) is 18.4 Å². The molecule has 5 nitrogen and oxygen atoms in total. The van der Waals surface area contributed by atoms with E-state index in [9.17, 15) is 9.59 Å². The van der Waals surface area contributed by atoms with Crippen LogP contribution in [0, 0.1) is 0 Å². The lowest BCUT2D eigenvalue weighted by Crippen LogP contribution is -2.32. The van der Waals surface area contributed by atoms with Gasteiger partial charge in [-0.3, -0.25) is 9.59 Å². The highest BCUT2D eigenvalue weighted by atomic mass is 16.2. The van der Waals surface area contributed by atoms with Crippen LogP contribution in [0.3, 0.4) is 0 Å². The summed E-state index contributed by atoms with van der Waals surface area (Å²) in [6.07, 6.45) is 4.79. The number of hydrogen-bond acceptors (Lipinski definition) is 3. The first-order valence-electron chi connectivity index (χ1n) is 9.54. The molecule has 0 radical (unpaired) electrons. The second-order valence-electron chi connectivity index (χ2n) is 7.00. The number of amides is 2. The van der Waals surface area contributed by atoms with Gasteiger partial charge in [-0.25, -0.2) is 0 Å². The molecular formula is C22H27N3O2. The summed E-state index contributed by atoms with van der Waals surface area (Å²) in [4.78, 5) is 24.3. The average molecular weight is 365 g/mol. The van der Waals surface area contributed by atoms with Crippen LogP contribution in [0.2, 0.25) is 0 Å². The third kappa shape index (κ3) is 4.67. The Bertz CT molecular complexity index is 832. The van der Waals surface area contributed by atoms with E-state index >= 15 is 0 Å². The largest absolute Gasteiger partial charge is 0.376 e. The van der Waals surface area contributed by atoms with Gasteiger partial charge in [0.05, 0.1) is 18.2 Å². The van der Waals surface area contributed by atoms with Gasteiger partial charge in [0.15, 0.2) is 0 Å². The van der Waals surface area contributed by atoms with Crippen molar-refractivity contribution in [2.75, 3.05) is 18.9 Å². The van der Waals surface area contributed by atoms with Crippen LogP contribution in [0.5, 0.6) is 0 Å². The minimum absolute atomic E-state index is 0.0549. The average Bonchev–Trinajstić information content (AvgIpc) is 2.71. The van der Waals surface area contributed by atoms with E-state index in [0.29, 0.717) is 11.3 Å². The fourth-order valence-corrected chi connectivity index (χ4v) is 3.54. The molecule has 3 rings (SSSR count). The predicted octanol–water partition coefficient (Wildman–Crippen LogP) is 3.21. The van der Waals surface area contributed by atoms with Gasteiger partial charge in [0.25, 0.3) is 5.91 Å². The molecule has 0 saturated carbocycles. The van der Waals surface area contributed by atoms with Crippen molar-refractivity contribution in [3.63, 3.8) is 0 Å². The summed E-state index contributed by atoms with van der Waals surface area (Å²) in [6, 6.07) is 13.7. The number of nitrogens with one attached hydrogen (secondary N) is 3. The highest BCUT2D eigenvalue weighted by molar-refractivity contribution is 5.99. The molecular weight excluding hydrogens is 338 g/mol. The first-order chi connectivity index (χ1) is 13.1. The van der Waals surface area contributed by atoms with Crippen molar-refractivity contribution in [3.8, 4) is 0 Å². The van der Waals surface area contributed by atoms with Crippen LogP contribution >= 0.6 is 0 Å². The number of hydrogen-bond donors (Lipinski definition) is 3. The molecule has 0 bridgehead atoms. The number of rotatable bonds is 6. The molecule has 1 aliphatic carbocycles. The van der Waals surface area contributed by atoms with Gasteiger partial charge in [0, 0.05) is 12.7 Å². The third-order valence-electron chi connectivity index (χ3n) is 5.09. The molecule has 3 N–H and O–H groups in total. The van der Waals surface area contributed by atoms with Crippen molar-refractivity contribution in [3.05, 3.63) is 64.7 Å². The van der Waals surface area contributed by atoms with E-state index in [2.05, 4.69) is 34.1 Å². The lowest BCUT2D eigenvalue weighted by Gasteiger charge is -2.20.